The third-order valence-electron chi connectivity index (χ3n) is 3.09. The molecule has 1 atom stereocenters. The van der Waals surface area contributed by atoms with Crippen LogP contribution in [0.1, 0.15) is 17.7 Å². The molecule has 3 nitrogen and oxygen atoms in total. The summed E-state index contributed by atoms with van der Waals surface area (Å²) in [5, 5.41) is 9.34. The van der Waals surface area contributed by atoms with Crippen LogP contribution in [0.15, 0.2) is 35.6 Å². The minimum absolute atomic E-state index is 0.153. The quantitative estimate of drug-likeness (QED) is 0.604. The number of nitrogens with zero attached hydrogens (tertiary/aromatic N) is 3. The van der Waals surface area contributed by atoms with Gasteiger partial charge in [-0.1, -0.05) is 41.0 Å². The fourth-order valence-electron chi connectivity index (χ4n) is 1.97. The predicted octanol–water partition coefficient (Wildman–Crippen LogP) is 5.17. The van der Waals surface area contributed by atoms with E-state index in [2.05, 4.69) is 10.2 Å². The monoisotopic (exact) mass is 359 g/mol. The summed E-state index contributed by atoms with van der Waals surface area (Å²) in [5.74, 6) is -1.74. The second-order valence-electron chi connectivity index (χ2n) is 4.62. The van der Waals surface area contributed by atoms with Crippen molar-refractivity contribution in [3.63, 3.8) is 0 Å². The first-order chi connectivity index (χ1) is 10.5. The van der Waals surface area contributed by atoms with Crippen LogP contribution in [0.3, 0.4) is 0 Å². The number of halogens is 4. The van der Waals surface area contributed by atoms with Crippen LogP contribution in [0.2, 0.25) is 10.0 Å². The summed E-state index contributed by atoms with van der Waals surface area (Å²) >= 11 is 13.4. The molecular weight excluding hydrogens is 351 g/mol. The van der Waals surface area contributed by atoms with E-state index >= 15 is 0 Å². The lowest BCUT2D eigenvalue weighted by atomic mass is 10.1. The van der Waals surface area contributed by atoms with E-state index in [-0.39, 0.29) is 5.25 Å². The predicted molar refractivity (Wildman–Crippen MR) is 83.6 cm³/mol. The van der Waals surface area contributed by atoms with E-state index in [1.54, 1.807) is 22.7 Å². The Morgan fingerprint density at radius 2 is 1.91 bits per heavy atom. The minimum atomic E-state index is -0.873. The van der Waals surface area contributed by atoms with E-state index in [9.17, 15) is 8.78 Å². The second-order valence-corrected chi connectivity index (χ2v) is 6.77. The molecule has 8 heteroatoms. The summed E-state index contributed by atoms with van der Waals surface area (Å²) in [6.07, 6.45) is 1.66. The maximum absolute atomic E-state index is 13.3. The summed E-state index contributed by atoms with van der Waals surface area (Å²) < 4.78 is 28.0. The van der Waals surface area contributed by atoms with Crippen molar-refractivity contribution in [3.8, 4) is 0 Å². The van der Waals surface area contributed by atoms with Gasteiger partial charge in [-0.15, -0.1) is 10.2 Å². The van der Waals surface area contributed by atoms with E-state index in [4.69, 9.17) is 23.2 Å². The van der Waals surface area contributed by atoms with Gasteiger partial charge in [0, 0.05) is 11.4 Å². The standard InChI is InChI=1S/C14H9Cl2F2N3S/c1-7(8-2-3-11(17)12(18)4-8)22-14-20-19-13-10(16)5-9(15)6-21(13)14/h2-7H,1H3. The summed E-state index contributed by atoms with van der Waals surface area (Å²) in [5.41, 5.74) is 1.14. The van der Waals surface area contributed by atoms with Gasteiger partial charge in [0.05, 0.1) is 10.0 Å². The summed E-state index contributed by atoms with van der Waals surface area (Å²) in [7, 11) is 0. The molecule has 0 amide bonds. The lowest BCUT2D eigenvalue weighted by Crippen LogP contribution is -1.95. The lowest BCUT2D eigenvalue weighted by molar-refractivity contribution is 0.507. The molecule has 0 fully saturated rings. The highest BCUT2D eigenvalue weighted by Gasteiger charge is 2.16. The van der Waals surface area contributed by atoms with Crippen LogP contribution in [-0.2, 0) is 0 Å². The number of hydrogen-bond acceptors (Lipinski definition) is 3. The van der Waals surface area contributed by atoms with Gasteiger partial charge in [-0.3, -0.25) is 4.40 Å². The molecule has 3 aromatic rings. The van der Waals surface area contributed by atoms with Crippen molar-refractivity contribution < 1.29 is 8.78 Å². The lowest BCUT2D eigenvalue weighted by Gasteiger charge is -2.10. The van der Waals surface area contributed by atoms with Crippen molar-refractivity contribution in [1.82, 2.24) is 14.6 Å². The molecular formula is C14H9Cl2F2N3S. The van der Waals surface area contributed by atoms with Crippen LogP contribution in [0.25, 0.3) is 5.65 Å². The molecule has 114 valence electrons. The Balaban J connectivity index is 1.94. The maximum Gasteiger partial charge on any atom is 0.196 e. The van der Waals surface area contributed by atoms with E-state index in [0.29, 0.717) is 26.4 Å². The largest absolute Gasteiger partial charge is 0.275 e. The Kier molecular flexibility index (Phi) is 4.25. The zero-order valence-electron chi connectivity index (χ0n) is 11.2. The van der Waals surface area contributed by atoms with Crippen LogP contribution >= 0.6 is 35.0 Å². The van der Waals surface area contributed by atoms with Crippen LogP contribution in [0.4, 0.5) is 8.78 Å². The fourth-order valence-corrected chi connectivity index (χ4v) is 3.42. The highest BCUT2D eigenvalue weighted by Crippen LogP contribution is 2.35. The maximum atomic E-state index is 13.3. The van der Waals surface area contributed by atoms with Crippen molar-refractivity contribution >= 4 is 40.6 Å². The van der Waals surface area contributed by atoms with Gasteiger partial charge >= 0.3 is 0 Å². The number of pyridine rings is 1. The molecule has 3 rings (SSSR count). The van der Waals surface area contributed by atoms with Crippen LogP contribution < -0.4 is 0 Å². The summed E-state index contributed by atoms with van der Waals surface area (Å²) in [6, 6.07) is 5.41. The zero-order chi connectivity index (χ0) is 15.9. The number of thioether (sulfide) groups is 1. The highest BCUT2D eigenvalue weighted by molar-refractivity contribution is 7.99. The van der Waals surface area contributed by atoms with E-state index < -0.39 is 11.6 Å². The van der Waals surface area contributed by atoms with E-state index in [1.807, 2.05) is 6.92 Å². The molecule has 0 N–H and O–H groups in total. The molecule has 1 aromatic carbocycles. The van der Waals surface area contributed by atoms with Crippen molar-refractivity contribution in [2.24, 2.45) is 0 Å². The molecule has 1 unspecified atom stereocenters. The smallest absolute Gasteiger partial charge is 0.196 e. The molecule has 22 heavy (non-hydrogen) atoms. The normalized spacial score (nSPS) is 12.8. The Labute approximate surface area is 139 Å². The van der Waals surface area contributed by atoms with Gasteiger partial charge < -0.3 is 0 Å². The van der Waals surface area contributed by atoms with E-state index in [0.717, 1.165) is 6.07 Å². The summed E-state index contributed by atoms with van der Waals surface area (Å²) in [6.45, 7) is 1.87. The Morgan fingerprint density at radius 1 is 1.14 bits per heavy atom. The van der Waals surface area contributed by atoms with Gasteiger partial charge in [0.2, 0.25) is 0 Å². The number of aromatic nitrogens is 3. The first-order valence-corrected chi connectivity index (χ1v) is 7.90. The molecule has 0 spiro atoms. The molecule has 0 radical (unpaired) electrons. The van der Waals surface area contributed by atoms with Gasteiger partial charge in [0.15, 0.2) is 22.4 Å². The zero-order valence-corrected chi connectivity index (χ0v) is 13.6. The van der Waals surface area contributed by atoms with Crippen molar-refractivity contribution in [3.05, 3.63) is 57.7 Å². The van der Waals surface area contributed by atoms with Gasteiger partial charge in [0.1, 0.15) is 0 Å². The van der Waals surface area contributed by atoms with Gasteiger partial charge in [-0.05, 0) is 30.7 Å². The Bertz CT molecular complexity index is 853. The number of hydrogen-bond donors (Lipinski definition) is 0. The molecule has 0 aliphatic rings. The molecule has 0 saturated heterocycles. The van der Waals surface area contributed by atoms with Crippen LogP contribution in [0, 0.1) is 11.6 Å². The first kappa shape index (κ1) is 15.5. The third kappa shape index (κ3) is 2.91. The average molecular weight is 360 g/mol. The molecule has 0 aliphatic carbocycles. The van der Waals surface area contributed by atoms with Gasteiger partial charge in [-0.2, -0.15) is 0 Å². The third-order valence-corrected chi connectivity index (χ3v) is 4.69. The fraction of sp³-hybridized carbons (Fsp3) is 0.143. The number of fused-ring (bicyclic) bond motifs is 1. The molecule has 2 heterocycles. The topological polar surface area (TPSA) is 30.2 Å². The molecule has 2 aromatic heterocycles. The Morgan fingerprint density at radius 3 is 2.64 bits per heavy atom. The molecule has 0 aliphatic heterocycles. The number of rotatable bonds is 3. The van der Waals surface area contributed by atoms with Gasteiger partial charge in [-0.25, -0.2) is 8.78 Å². The molecule has 0 bridgehead atoms. The second kappa shape index (κ2) is 6.02. The number of benzene rings is 1. The SMILES string of the molecule is CC(Sc1nnc2c(Cl)cc(Cl)cn12)c1ccc(F)c(F)c1. The van der Waals surface area contributed by atoms with Crippen molar-refractivity contribution in [1.29, 1.82) is 0 Å². The van der Waals surface area contributed by atoms with Crippen LogP contribution in [-0.4, -0.2) is 14.6 Å². The van der Waals surface area contributed by atoms with E-state index in [1.165, 1.54) is 17.8 Å². The van der Waals surface area contributed by atoms with Crippen molar-refractivity contribution in [2.75, 3.05) is 0 Å². The summed E-state index contributed by atoms with van der Waals surface area (Å²) in [4.78, 5) is 0. The first-order valence-electron chi connectivity index (χ1n) is 6.27. The van der Waals surface area contributed by atoms with Crippen molar-refractivity contribution in [2.45, 2.75) is 17.3 Å². The van der Waals surface area contributed by atoms with Gasteiger partial charge in [0.25, 0.3) is 0 Å². The minimum Gasteiger partial charge on any atom is -0.275 e. The highest BCUT2D eigenvalue weighted by atomic mass is 35.5. The van der Waals surface area contributed by atoms with Crippen LogP contribution in [0.5, 0.6) is 0 Å². The molecule has 0 saturated carbocycles. The Hall–Kier alpha value is -1.37. The average Bonchev–Trinajstić information content (AvgIpc) is 2.85.